The number of oxazole rings is 1. The Balaban J connectivity index is 1.84. The molecule has 6 nitrogen and oxygen atoms in total. The van der Waals surface area contributed by atoms with E-state index in [4.69, 9.17) is 9.52 Å². The zero-order valence-electron chi connectivity index (χ0n) is 13.5. The molecule has 7 heteroatoms. The highest BCUT2D eigenvalue weighted by molar-refractivity contribution is 7.99. The van der Waals surface area contributed by atoms with Crippen molar-refractivity contribution in [3.05, 3.63) is 42.3 Å². The van der Waals surface area contributed by atoms with Crippen molar-refractivity contribution in [2.75, 3.05) is 18.8 Å². The van der Waals surface area contributed by atoms with Gasteiger partial charge in [0.2, 0.25) is 11.8 Å². The van der Waals surface area contributed by atoms with Gasteiger partial charge in [0.25, 0.3) is 0 Å². The minimum absolute atomic E-state index is 0.170. The first-order chi connectivity index (χ1) is 11.6. The minimum Gasteiger partial charge on any atom is -0.480 e. The van der Waals surface area contributed by atoms with E-state index in [9.17, 15) is 9.59 Å². The summed E-state index contributed by atoms with van der Waals surface area (Å²) in [6, 6.07) is 9.59. The molecule has 0 unspecified atom stereocenters. The fourth-order valence-corrected chi connectivity index (χ4v) is 2.95. The number of thioether (sulfide) groups is 1. The van der Waals surface area contributed by atoms with Crippen LogP contribution < -0.4 is 0 Å². The molecule has 1 aromatic carbocycles. The summed E-state index contributed by atoms with van der Waals surface area (Å²) in [5, 5.41) is 8.85. The van der Waals surface area contributed by atoms with Gasteiger partial charge in [0.15, 0.2) is 0 Å². The maximum absolute atomic E-state index is 12.1. The Labute approximate surface area is 144 Å². The second-order valence-electron chi connectivity index (χ2n) is 5.21. The third-order valence-electron chi connectivity index (χ3n) is 3.22. The van der Waals surface area contributed by atoms with Crippen LogP contribution in [0.15, 0.2) is 41.0 Å². The Kier molecular flexibility index (Phi) is 6.87. The van der Waals surface area contributed by atoms with Crippen LogP contribution in [0.3, 0.4) is 0 Å². The average molecular weight is 348 g/mol. The number of aromatic nitrogens is 1. The predicted octanol–water partition coefficient (Wildman–Crippen LogP) is 2.90. The van der Waals surface area contributed by atoms with Gasteiger partial charge >= 0.3 is 5.97 Å². The SMILES string of the molecule is CCCN(CC(=O)O)C(=O)CSCc1coc(-c2ccccc2)n1. The van der Waals surface area contributed by atoms with Crippen molar-refractivity contribution in [2.45, 2.75) is 19.1 Å². The topological polar surface area (TPSA) is 83.6 Å². The second kappa shape index (κ2) is 9.12. The van der Waals surface area contributed by atoms with Crippen molar-refractivity contribution < 1.29 is 19.1 Å². The van der Waals surface area contributed by atoms with Gasteiger partial charge in [-0.15, -0.1) is 11.8 Å². The molecule has 1 heterocycles. The van der Waals surface area contributed by atoms with Gasteiger partial charge in [-0.1, -0.05) is 25.1 Å². The number of benzene rings is 1. The van der Waals surface area contributed by atoms with Crippen LogP contribution in [0.2, 0.25) is 0 Å². The molecule has 2 aromatic rings. The number of hydrogen-bond donors (Lipinski definition) is 1. The van der Waals surface area contributed by atoms with Crippen LogP contribution in [0.5, 0.6) is 0 Å². The molecule has 0 aliphatic carbocycles. The number of carboxylic acids is 1. The summed E-state index contributed by atoms with van der Waals surface area (Å²) in [4.78, 5) is 28.7. The van der Waals surface area contributed by atoms with Gasteiger partial charge in [-0.2, -0.15) is 0 Å². The molecule has 128 valence electrons. The van der Waals surface area contributed by atoms with Crippen LogP contribution in [0, 0.1) is 0 Å². The average Bonchev–Trinajstić information content (AvgIpc) is 3.04. The van der Waals surface area contributed by atoms with Crippen LogP contribution in [0.25, 0.3) is 11.5 Å². The Bertz CT molecular complexity index is 672. The first-order valence-corrected chi connectivity index (χ1v) is 8.82. The Morgan fingerprint density at radius 3 is 2.71 bits per heavy atom. The lowest BCUT2D eigenvalue weighted by molar-refractivity contribution is -0.143. The number of amides is 1. The van der Waals surface area contributed by atoms with Gasteiger partial charge in [0.05, 0.1) is 11.4 Å². The van der Waals surface area contributed by atoms with Gasteiger partial charge in [-0.3, -0.25) is 9.59 Å². The van der Waals surface area contributed by atoms with E-state index in [2.05, 4.69) is 4.98 Å². The third-order valence-corrected chi connectivity index (χ3v) is 4.17. The van der Waals surface area contributed by atoms with E-state index >= 15 is 0 Å². The van der Waals surface area contributed by atoms with Gasteiger partial charge in [-0.05, 0) is 18.6 Å². The van der Waals surface area contributed by atoms with Crippen molar-refractivity contribution in [1.29, 1.82) is 0 Å². The van der Waals surface area contributed by atoms with Crippen molar-refractivity contribution in [1.82, 2.24) is 9.88 Å². The van der Waals surface area contributed by atoms with E-state index in [0.717, 1.165) is 17.7 Å². The first kappa shape index (κ1) is 18.1. The predicted molar refractivity (Wildman–Crippen MR) is 92.6 cm³/mol. The number of rotatable bonds is 9. The summed E-state index contributed by atoms with van der Waals surface area (Å²) in [5.41, 5.74) is 1.66. The van der Waals surface area contributed by atoms with E-state index in [1.54, 1.807) is 6.26 Å². The molecule has 24 heavy (non-hydrogen) atoms. The quantitative estimate of drug-likeness (QED) is 0.750. The lowest BCUT2D eigenvalue weighted by atomic mass is 10.2. The maximum Gasteiger partial charge on any atom is 0.323 e. The highest BCUT2D eigenvalue weighted by Crippen LogP contribution is 2.20. The van der Waals surface area contributed by atoms with Crippen LogP contribution in [-0.2, 0) is 15.3 Å². The lowest BCUT2D eigenvalue weighted by Gasteiger charge is -2.19. The Morgan fingerprint density at radius 1 is 1.29 bits per heavy atom. The second-order valence-corrected chi connectivity index (χ2v) is 6.20. The largest absolute Gasteiger partial charge is 0.480 e. The number of carboxylic acid groups (broad SMARTS) is 1. The minimum atomic E-state index is -0.995. The van der Waals surface area contributed by atoms with Gasteiger partial charge in [0.1, 0.15) is 12.8 Å². The van der Waals surface area contributed by atoms with E-state index in [-0.39, 0.29) is 18.2 Å². The standard InChI is InChI=1S/C17H20N2O4S/c1-2-8-19(9-16(21)22)15(20)12-24-11-14-10-23-17(18-14)13-6-4-3-5-7-13/h3-7,10H,2,8-9,11-12H2,1H3,(H,21,22). The number of carbonyl (C=O) groups is 2. The normalized spacial score (nSPS) is 10.5. The van der Waals surface area contributed by atoms with Crippen LogP contribution in [-0.4, -0.2) is 45.7 Å². The van der Waals surface area contributed by atoms with E-state index in [0.29, 0.717) is 18.2 Å². The molecule has 0 radical (unpaired) electrons. The van der Waals surface area contributed by atoms with Crippen LogP contribution in [0.1, 0.15) is 19.0 Å². The molecule has 0 bridgehead atoms. The first-order valence-electron chi connectivity index (χ1n) is 7.67. The molecule has 0 fully saturated rings. The Morgan fingerprint density at radius 2 is 2.04 bits per heavy atom. The zero-order chi connectivity index (χ0) is 17.4. The smallest absolute Gasteiger partial charge is 0.323 e. The maximum atomic E-state index is 12.1. The number of aliphatic carboxylic acids is 1. The van der Waals surface area contributed by atoms with Gasteiger partial charge < -0.3 is 14.4 Å². The van der Waals surface area contributed by atoms with Crippen LogP contribution in [0.4, 0.5) is 0 Å². The number of nitrogens with zero attached hydrogens (tertiary/aromatic N) is 2. The molecule has 0 aliphatic heterocycles. The number of hydrogen-bond acceptors (Lipinski definition) is 5. The van der Waals surface area contributed by atoms with Gasteiger partial charge in [-0.25, -0.2) is 4.98 Å². The van der Waals surface area contributed by atoms with E-state index in [1.807, 2.05) is 37.3 Å². The third kappa shape index (κ3) is 5.42. The van der Waals surface area contributed by atoms with Gasteiger partial charge in [0, 0.05) is 17.9 Å². The lowest BCUT2D eigenvalue weighted by Crippen LogP contribution is -2.37. The molecule has 1 aromatic heterocycles. The van der Waals surface area contributed by atoms with E-state index < -0.39 is 5.97 Å². The summed E-state index contributed by atoms with van der Waals surface area (Å²) in [7, 11) is 0. The fraction of sp³-hybridized carbons (Fsp3) is 0.353. The van der Waals surface area contributed by atoms with Crippen LogP contribution >= 0.6 is 11.8 Å². The monoisotopic (exact) mass is 348 g/mol. The highest BCUT2D eigenvalue weighted by atomic mass is 32.2. The summed E-state index contributed by atoms with van der Waals surface area (Å²) in [6.45, 7) is 2.11. The molecule has 1 amide bonds. The highest BCUT2D eigenvalue weighted by Gasteiger charge is 2.16. The Hall–Kier alpha value is -2.28. The molecule has 1 N–H and O–H groups in total. The van der Waals surface area contributed by atoms with E-state index in [1.165, 1.54) is 16.7 Å². The zero-order valence-corrected chi connectivity index (χ0v) is 14.3. The molecule has 0 aliphatic rings. The molecule has 0 atom stereocenters. The van der Waals surface area contributed by atoms with Crippen molar-refractivity contribution in [3.63, 3.8) is 0 Å². The van der Waals surface area contributed by atoms with Crippen molar-refractivity contribution in [2.24, 2.45) is 0 Å². The molecule has 0 saturated heterocycles. The molecular formula is C17H20N2O4S. The summed E-state index contributed by atoms with van der Waals surface area (Å²) < 4.78 is 5.45. The summed E-state index contributed by atoms with van der Waals surface area (Å²) in [6.07, 6.45) is 2.31. The number of carbonyl (C=O) groups excluding carboxylic acids is 1. The molecular weight excluding hydrogens is 328 g/mol. The molecule has 2 rings (SSSR count). The summed E-state index contributed by atoms with van der Waals surface area (Å²) in [5.74, 6) is 0.147. The fourth-order valence-electron chi connectivity index (χ4n) is 2.15. The molecule has 0 spiro atoms. The van der Waals surface area contributed by atoms with Crippen molar-refractivity contribution in [3.8, 4) is 11.5 Å². The van der Waals surface area contributed by atoms with Crippen molar-refractivity contribution >= 4 is 23.6 Å². The molecule has 0 saturated carbocycles. The summed E-state index contributed by atoms with van der Waals surface area (Å²) >= 11 is 1.40.